The van der Waals surface area contributed by atoms with Gasteiger partial charge >= 0.3 is 0 Å². The number of carbonyl (C=O) groups is 2. The number of carbonyl (C=O) groups excluding carboxylic acids is 2. The topological polar surface area (TPSA) is 88.3 Å². The molecule has 0 aliphatic carbocycles. The first-order valence-electron chi connectivity index (χ1n) is 10.6. The predicted molar refractivity (Wildman–Crippen MR) is 120 cm³/mol. The van der Waals surface area contributed by atoms with E-state index >= 15 is 0 Å². The third-order valence-corrected chi connectivity index (χ3v) is 5.74. The number of anilines is 1. The SMILES string of the molecule is N[C@H](CC(=O)N1CCCC1c1cccc(F)c1)c1ccc(C(=O)Nc2ccncc2)cc1. The van der Waals surface area contributed by atoms with Gasteiger partial charge in [0.05, 0.1) is 6.04 Å². The fourth-order valence-corrected chi connectivity index (χ4v) is 4.07. The minimum absolute atomic E-state index is 0.0521. The van der Waals surface area contributed by atoms with E-state index in [1.165, 1.54) is 12.1 Å². The van der Waals surface area contributed by atoms with E-state index in [9.17, 15) is 14.0 Å². The van der Waals surface area contributed by atoms with Gasteiger partial charge in [-0.1, -0.05) is 24.3 Å². The number of amides is 2. The van der Waals surface area contributed by atoms with E-state index in [1.54, 1.807) is 59.8 Å². The number of rotatable bonds is 6. The molecule has 1 aliphatic rings. The Morgan fingerprint density at radius 1 is 1.12 bits per heavy atom. The maximum atomic E-state index is 13.6. The van der Waals surface area contributed by atoms with Crippen LogP contribution in [0.1, 0.15) is 52.8 Å². The quantitative estimate of drug-likeness (QED) is 0.610. The van der Waals surface area contributed by atoms with E-state index in [-0.39, 0.29) is 30.1 Å². The molecule has 2 amide bonds. The van der Waals surface area contributed by atoms with Crippen LogP contribution in [0.2, 0.25) is 0 Å². The third kappa shape index (κ3) is 5.00. The Kier molecular flexibility index (Phi) is 6.56. The summed E-state index contributed by atoms with van der Waals surface area (Å²) in [5.74, 6) is -0.585. The number of halogens is 1. The minimum Gasteiger partial charge on any atom is -0.336 e. The molecule has 164 valence electrons. The predicted octanol–water partition coefficient (Wildman–Crippen LogP) is 4.23. The zero-order valence-electron chi connectivity index (χ0n) is 17.6. The molecule has 6 nitrogen and oxygen atoms in total. The fourth-order valence-electron chi connectivity index (χ4n) is 4.07. The highest BCUT2D eigenvalue weighted by atomic mass is 19.1. The smallest absolute Gasteiger partial charge is 0.255 e. The summed E-state index contributed by atoms with van der Waals surface area (Å²) in [6.07, 6.45) is 5.05. The van der Waals surface area contributed by atoms with Gasteiger partial charge in [0.15, 0.2) is 0 Å². The van der Waals surface area contributed by atoms with Gasteiger partial charge in [0.2, 0.25) is 5.91 Å². The second kappa shape index (κ2) is 9.70. The van der Waals surface area contributed by atoms with Crippen molar-refractivity contribution in [3.63, 3.8) is 0 Å². The molecule has 0 bridgehead atoms. The van der Waals surface area contributed by atoms with Gasteiger partial charge in [-0.15, -0.1) is 0 Å². The molecule has 1 unspecified atom stereocenters. The molecule has 0 saturated carbocycles. The first kappa shape index (κ1) is 21.6. The summed E-state index contributed by atoms with van der Waals surface area (Å²) in [4.78, 5) is 31.1. The van der Waals surface area contributed by atoms with Crippen LogP contribution in [0.15, 0.2) is 73.1 Å². The van der Waals surface area contributed by atoms with Gasteiger partial charge < -0.3 is 16.0 Å². The van der Waals surface area contributed by atoms with Gasteiger partial charge in [-0.25, -0.2) is 4.39 Å². The molecule has 2 aromatic carbocycles. The number of nitrogens with two attached hydrogens (primary N) is 1. The number of aromatic nitrogens is 1. The first-order chi connectivity index (χ1) is 15.5. The summed E-state index contributed by atoms with van der Waals surface area (Å²) in [5, 5.41) is 2.80. The number of hydrogen-bond acceptors (Lipinski definition) is 4. The highest BCUT2D eigenvalue weighted by molar-refractivity contribution is 6.04. The molecule has 1 aliphatic heterocycles. The second-order valence-corrected chi connectivity index (χ2v) is 7.92. The van der Waals surface area contributed by atoms with Crippen LogP contribution in [0, 0.1) is 5.82 Å². The number of nitrogens with one attached hydrogen (secondary N) is 1. The third-order valence-electron chi connectivity index (χ3n) is 5.74. The summed E-state index contributed by atoms with van der Waals surface area (Å²) in [5.41, 5.74) is 9.06. The van der Waals surface area contributed by atoms with Gasteiger partial charge in [-0.05, 0) is 60.4 Å². The summed E-state index contributed by atoms with van der Waals surface area (Å²) in [6, 6.07) is 16.2. The van der Waals surface area contributed by atoms with Crippen molar-refractivity contribution in [3.8, 4) is 0 Å². The number of pyridine rings is 1. The Bertz CT molecular complexity index is 1090. The number of hydrogen-bond donors (Lipinski definition) is 2. The van der Waals surface area contributed by atoms with Crippen LogP contribution < -0.4 is 11.1 Å². The molecule has 3 aromatic rings. The van der Waals surface area contributed by atoms with Crippen LogP contribution in [-0.4, -0.2) is 28.2 Å². The van der Waals surface area contributed by atoms with Crippen molar-refractivity contribution in [2.75, 3.05) is 11.9 Å². The maximum Gasteiger partial charge on any atom is 0.255 e. The lowest BCUT2D eigenvalue weighted by atomic mass is 10.0. The molecule has 7 heteroatoms. The van der Waals surface area contributed by atoms with E-state index in [4.69, 9.17) is 5.73 Å². The number of likely N-dealkylation sites (tertiary alicyclic amines) is 1. The lowest BCUT2D eigenvalue weighted by Gasteiger charge is -2.26. The van der Waals surface area contributed by atoms with E-state index in [2.05, 4.69) is 10.3 Å². The lowest BCUT2D eigenvalue weighted by Crippen LogP contribution is -2.33. The molecule has 1 aromatic heterocycles. The number of nitrogens with zero attached hydrogens (tertiary/aromatic N) is 2. The van der Waals surface area contributed by atoms with Crippen molar-refractivity contribution in [1.82, 2.24) is 9.88 Å². The van der Waals surface area contributed by atoms with Crippen LogP contribution in [0.25, 0.3) is 0 Å². The van der Waals surface area contributed by atoms with Crippen LogP contribution >= 0.6 is 0 Å². The van der Waals surface area contributed by atoms with Crippen LogP contribution in [0.3, 0.4) is 0 Å². The molecular weight excluding hydrogens is 407 g/mol. The van der Waals surface area contributed by atoms with E-state index in [1.807, 2.05) is 6.07 Å². The Labute approximate surface area is 186 Å². The van der Waals surface area contributed by atoms with Crippen molar-refractivity contribution in [1.29, 1.82) is 0 Å². The fraction of sp³-hybridized carbons (Fsp3) is 0.240. The van der Waals surface area contributed by atoms with Gasteiger partial charge in [-0.2, -0.15) is 0 Å². The van der Waals surface area contributed by atoms with Crippen LogP contribution in [-0.2, 0) is 4.79 Å². The molecule has 2 atom stereocenters. The average Bonchev–Trinajstić information content (AvgIpc) is 3.30. The minimum atomic E-state index is -0.492. The molecule has 0 radical (unpaired) electrons. The normalized spacial score (nSPS) is 16.6. The maximum absolute atomic E-state index is 13.6. The summed E-state index contributed by atoms with van der Waals surface area (Å²) < 4.78 is 13.6. The van der Waals surface area contributed by atoms with Gasteiger partial charge in [0.1, 0.15) is 5.82 Å². The van der Waals surface area contributed by atoms with Gasteiger partial charge in [-0.3, -0.25) is 14.6 Å². The Morgan fingerprint density at radius 3 is 2.59 bits per heavy atom. The van der Waals surface area contributed by atoms with Crippen LogP contribution in [0.4, 0.5) is 10.1 Å². The Hall–Kier alpha value is -3.58. The summed E-state index contributed by atoms with van der Waals surface area (Å²) in [7, 11) is 0. The number of benzene rings is 2. The van der Waals surface area contributed by atoms with E-state index in [0.29, 0.717) is 17.8 Å². The highest BCUT2D eigenvalue weighted by Crippen LogP contribution is 2.33. The van der Waals surface area contributed by atoms with Crippen molar-refractivity contribution < 1.29 is 14.0 Å². The Balaban J connectivity index is 1.38. The molecule has 0 spiro atoms. The zero-order chi connectivity index (χ0) is 22.5. The molecule has 1 fully saturated rings. The lowest BCUT2D eigenvalue weighted by molar-refractivity contribution is -0.132. The van der Waals surface area contributed by atoms with Crippen molar-refractivity contribution in [3.05, 3.63) is 95.6 Å². The van der Waals surface area contributed by atoms with Crippen LogP contribution in [0.5, 0.6) is 0 Å². The van der Waals surface area contributed by atoms with Gasteiger partial charge in [0.25, 0.3) is 5.91 Å². The van der Waals surface area contributed by atoms with E-state index < -0.39 is 6.04 Å². The molecule has 1 saturated heterocycles. The summed E-state index contributed by atoms with van der Waals surface area (Å²) >= 11 is 0. The standard InChI is InChI=1S/C25H25FN4O2/c26-20-4-1-3-19(15-20)23-5-2-14-30(23)24(31)16-22(27)17-6-8-18(9-7-17)25(32)29-21-10-12-28-13-11-21/h1,3-4,6-13,15,22-23H,2,5,14,16,27H2,(H,28,29,32)/t22-,23?/m1/s1. The zero-order valence-corrected chi connectivity index (χ0v) is 17.6. The second-order valence-electron chi connectivity index (χ2n) is 7.92. The van der Waals surface area contributed by atoms with E-state index in [0.717, 1.165) is 24.0 Å². The molecule has 2 heterocycles. The molecule has 4 rings (SSSR count). The van der Waals surface area contributed by atoms with Crippen molar-refractivity contribution in [2.45, 2.75) is 31.3 Å². The highest BCUT2D eigenvalue weighted by Gasteiger charge is 2.31. The molecule has 32 heavy (non-hydrogen) atoms. The Morgan fingerprint density at radius 2 is 1.88 bits per heavy atom. The monoisotopic (exact) mass is 432 g/mol. The molecule has 3 N–H and O–H groups in total. The van der Waals surface area contributed by atoms with Crippen molar-refractivity contribution >= 4 is 17.5 Å². The first-order valence-corrected chi connectivity index (χ1v) is 10.6. The molecular formula is C25H25FN4O2. The van der Waals surface area contributed by atoms with Gasteiger partial charge in [0, 0.05) is 42.7 Å². The van der Waals surface area contributed by atoms with Crippen molar-refractivity contribution in [2.24, 2.45) is 5.73 Å². The summed E-state index contributed by atoms with van der Waals surface area (Å²) in [6.45, 7) is 0.640. The average molecular weight is 432 g/mol. The largest absolute Gasteiger partial charge is 0.336 e.